The molecule has 0 aromatic carbocycles. The van der Waals surface area contributed by atoms with Crippen LogP contribution in [0.5, 0.6) is 0 Å². The normalized spacial score (nSPS) is 22.5. The minimum atomic E-state index is -1.23. The smallest absolute Gasteiger partial charge is 0.410 e. The molecule has 2 aliphatic heterocycles. The summed E-state index contributed by atoms with van der Waals surface area (Å²) < 4.78 is 20.7. The van der Waals surface area contributed by atoms with E-state index in [-0.39, 0.29) is 12.0 Å². The molecule has 2 fully saturated rings. The monoisotopic (exact) mass is 479 g/mol. The Balaban J connectivity index is 1.46. The van der Waals surface area contributed by atoms with Crippen LogP contribution in [0.4, 0.5) is 26.6 Å². The van der Waals surface area contributed by atoms with E-state index in [9.17, 15) is 10.1 Å². The lowest BCUT2D eigenvalue weighted by atomic mass is 9.66. The van der Waals surface area contributed by atoms with E-state index in [1.54, 1.807) is 46.1 Å². The molecule has 35 heavy (non-hydrogen) atoms. The first-order valence-corrected chi connectivity index (χ1v) is 12.0. The zero-order valence-electron chi connectivity index (χ0n) is 20.5. The number of ether oxygens (including phenoxy) is 1. The van der Waals surface area contributed by atoms with Crippen LogP contribution in [0.2, 0.25) is 0 Å². The maximum absolute atomic E-state index is 15.2. The number of likely N-dealkylation sites (N-methyl/N-ethyl adjacent to an activating group) is 1. The first-order valence-electron chi connectivity index (χ1n) is 12.0. The first kappa shape index (κ1) is 23.3. The summed E-state index contributed by atoms with van der Waals surface area (Å²) in [6.07, 6.45) is 4.44. The third-order valence-corrected chi connectivity index (χ3v) is 7.21. The predicted octanol–water partition coefficient (Wildman–Crippen LogP) is 3.71. The van der Waals surface area contributed by atoms with E-state index in [4.69, 9.17) is 4.74 Å². The highest BCUT2D eigenvalue weighted by molar-refractivity contribution is 5.75. The quantitative estimate of drug-likeness (QED) is 0.657. The van der Waals surface area contributed by atoms with E-state index in [1.165, 1.54) is 11.2 Å². The van der Waals surface area contributed by atoms with Gasteiger partial charge in [0.25, 0.3) is 0 Å². The molecule has 3 aliphatic rings. The highest BCUT2D eigenvalue weighted by Gasteiger charge is 2.52. The molecule has 9 nitrogen and oxygen atoms in total. The van der Waals surface area contributed by atoms with Crippen molar-refractivity contribution in [1.29, 1.82) is 5.26 Å². The number of hydrogen-bond donors (Lipinski definition) is 0. The Hall–Kier alpha value is -3.48. The second kappa shape index (κ2) is 8.33. The number of carbonyl (C=O) groups is 1. The van der Waals surface area contributed by atoms with Crippen LogP contribution in [0.25, 0.3) is 0 Å². The Bertz CT molecular complexity index is 1190. The second-order valence-corrected chi connectivity index (χ2v) is 10.7. The highest BCUT2D eigenvalue weighted by Crippen LogP contribution is 2.56. The zero-order chi connectivity index (χ0) is 25.0. The van der Waals surface area contributed by atoms with Gasteiger partial charge in [0.05, 0.1) is 24.2 Å². The fourth-order valence-corrected chi connectivity index (χ4v) is 5.33. The maximum atomic E-state index is 15.2. The summed E-state index contributed by atoms with van der Waals surface area (Å²) in [7, 11) is 1.59. The fraction of sp³-hybridized carbons (Fsp3) is 0.560. The molecule has 0 radical (unpaired) electrons. The van der Waals surface area contributed by atoms with Gasteiger partial charge in [0.2, 0.25) is 0 Å². The number of halogens is 1. The van der Waals surface area contributed by atoms with Crippen molar-refractivity contribution in [3.8, 4) is 6.07 Å². The molecule has 2 aromatic rings. The average molecular weight is 480 g/mol. The largest absolute Gasteiger partial charge is 0.444 e. The van der Waals surface area contributed by atoms with Gasteiger partial charge >= 0.3 is 6.09 Å². The lowest BCUT2D eigenvalue weighted by Gasteiger charge is -2.40. The Labute approximate surface area is 204 Å². The van der Waals surface area contributed by atoms with E-state index in [0.717, 1.165) is 36.5 Å². The van der Waals surface area contributed by atoms with Crippen LogP contribution < -0.4 is 9.80 Å². The second-order valence-electron chi connectivity index (χ2n) is 10.7. The molecule has 1 aliphatic carbocycles. The summed E-state index contributed by atoms with van der Waals surface area (Å²) in [6.45, 7) is 6.54. The number of alkyl halides is 1. The van der Waals surface area contributed by atoms with Crippen LogP contribution in [0.3, 0.4) is 0 Å². The molecular formula is C25H30FN7O2. The maximum Gasteiger partial charge on any atom is 0.410 e. The van der Waals surface area contributed by atoms with Crippen molar-refractivity contribution in [2.45, 2.75) is 63.3 Å². The molecule has 0 unspecified atom stereocenters. The molecule has 4 heterocycles. The van der Waals surface area contributed by atoms with Gasteiger partial charge in [-0.05, 0) is 45.7 Å². The van der Waals surface area contributed by atoms with Crippen molar-refractivity contribution in [3.63, 3.8) is 0 Å². The van der Waals surface area contributed by atoms with Crippen LogP contribution in [0, 0.1) is 11.3 Å². The number of rotatable bonds is 3. The molecule has 2 atom stereocenters. The highest BCUT2D eigenvalue weighted by atomic mass is 19.1. The molecule has 184 valence electrons. The standard InChI is InChI=1S/C25H30FN7O2/c1-24(2,3)35-23(34)31(4)18-13-32(12-17(18)26)21-20-22(30-15-29-21)33(14-25(20)7-5-8-25)19-10-16(11-27)6-9-28-19/h6,9-10,15,17-18H,5,7-8,12-14H2,1-4H3/t17-,18+/m0/s1. The lowest BCUT2D eigenvalue weighted by Crippen LogP contribution is -2.45. The number of fused-ring (bicyclic) bond motifs is 2. The molecule has 1 spiro atoms. The van der Waals surface area contributed by atoms with Gasteiger partial charge in [0.1, 0.15) is 35.6 Å². The van der Waals surface area contributed by atoms with Crippen molar-refractivity contribution in [2.75, 3.05) is 36.5 Å². The Kier molecular flexibility index (Phi) is 5.54. The summed E-state index contributed by atoms with van der Waals surface area (Å²) in [5.41, 5.74) is 0.772. The molecular weight excluding hydrogens is 449 g/mol. The van der Waals surface area contributed by atoms with Gasteiger partial charge in [-0.3, -0.25) is 0 Å². The summed E-state index contributed by atoms with van der Waals surface area (Å²) in [4.78, 5) is 31.7. The Morgan fingerprint density at radius 3 is 2.66 bits per heavy atom. The van der Waals surface area contributed by atoms with Gasteiger partial charge in [0, 0.05) is 37.3 Å². The zero-order valence-corrected chi connectivity index (χ0v) is 20.5. The van der Waals surface area contributed by atoms with Crippen molar-refractivity contribution < 1.29 is 13.9 Å². The Morgan fingerprint density at radius 2 is 2.00 bits per heavy atom. The molecule has 10 heteroatoms. The number of nitriles is 1. The average Bonchev–Trinajstić information content (AvgIpc) is 3.36. The number of pyridine rings is 1. The summed E-state index contributed by atoms with van der Waals surface area (Å²) >= 11 is 0. The summed E-state index contributed by atoms with van der Waals surface area (Å²) in [6, 6.07) is 4.98. The van der Waals surface area contributed by atoms with E-state index in [2.05, 4.69) is 21.0 Å². The Morgan fingerprint density at radius 1 is 1.26 bits per heavy atom. The summed E-state index contributed by atoms with van der Waals surface area (Å²) in [5, 5.41) is 9.34. The SMILES string of the molecule is CN(C(=O)OC(C)(C)C)[C@@H]1CN(c2ncnc3c2C2(CCC2)CN3c2cc(C#N)ccn2)C[C@@H]1F. The summed E-state index contributed by atoms with van der Waals surface area (Å²) in [5.74, 6) is 2.15. The van der Waals surface area contributed by atoms with Crippen molar-refractivity contribution in [2.24, 2.45) is 0 Å². The van der Waals surface area contributed by atoms with Crippen molar-refractivity contribution in [3.05, 3.63) is 35.8 Å². The topological polar surface area (TPSA) is 98.5 Å². The van der Waals surface area contributed by atoms with E-state index in [1.807, 2.05) is 9.80 Å². The van der Waals surface area contributed by atoms with Gasteiger partial charge in [-0.1, -0.05) is 6.42 Å². The lowest BCUT2D eigenvalue weighted by molar-refractivity contribution is 0.0183. The van der Waals surface area contributed by atoms with Crippen LogP contribution in [0.15, 0.2) is 24.7 Å². The fourth-order valence-electron chi connectivity index (χ4n) is 5.33. The molecule has 1 saturated heterocycles. The van der Waals surface area contributed by atoms with Gasteiger partial charge < -0.3 is 19.4 Å². The number of anilines is 3. The van der Waals surface area contributed by atoms with Crippen LogP contribution in [-0.2, 0) is 10.2 Å². The molecule has 1 saturated carbocycles. The minimum Gasteiger partial charge on any atom is -0.444 e. The molecule has 0 N–H and O–H groups in total. The van der Waals surface area contributed by atoms with E-state index < -0.39 is 23.9 Å². The van der Waals surface area contributed by atoms with Crippen LogP contribution in [0.1, 0.15) is 51.2 Å². The minimum absolute atomic E-state index is 0.128. The van der Waals surface area contributed by atoms with Gasteiger partial charge in [-0.15, -0.1) is 0 Å². The van der Waals surface area contributed by atoms with Crippen molar-refractivity contribution >= 4 is 23.5 Å². The van der Waals surface area contributed by atoms with Crippen LogP contribution >= 0.6 is 0 Å². The molecule has 1 amide bonds. The number of nitrogens with zero attached hydrogens (tertiary/aromatic N) is 7. The van der Waals surface area contributed by atoms with Crippen LogP contribution in [-0.4, -0.2) is 70.4 Å². The predicted molar refractivity (Wildman–Crippen MR) is 128 cm³/mol. The number of carbonyl (C=O) groups excluding carboxylic acids is 1. The van der Waals surface area contributed by atoms with Gasteiger partial charge in [-0.2, -0.15) is 5.26 Å². The number of amides is 1. The van der Waals surface area contributed by atoms with Gasteiger partial charge in [0.15, 0.2) is 0 Å². The number of hydrogen-bond acceptors (Lipinski definition) is 8. The molecule has 0 bridgehead atoms. The van der Waals surface area contributed by atoms with E-state index >= 15 is 4.39 Å². The first-order chi connectivity index (χ1) is 16.6. The number of aromatic nitrogens is 3. The molecule has 5 rings (SSSR count). The molecule has 2 aromatic heterocycles. The van der Waals surface area contributed by atoms with Gasteiger partial charge in [-0.25, -0.2) is 24.1 Å². The van der Waals surface area contributed by atoms with E-state index in [0.29, 0.717) is 24.5 Å². The van der Waals surface area contributed by atoms with Crippen molar-refractivity contribution in [1.82, 2.24) is 19.9 Å². The third-order valence-electron chi connectivity index (χ3n) is 7.21. The third kappa shape index (κ3) is 4.03.